The molecule has 2 N–H and O–H groups in total. The number of H-pyrrole nitrogens is 1. The largest absolute Gasteiger partial charge is 0.358 e. The van der Waals surface area contributed by atoms with E-state index in [9.17, 15) is 4.79 Å². The Hall–Kier alpha value is -1.96. The lowest BCUT2D eigenvalue weighted by molar-refractivity contribution is 0.467. The zero-order chi connectivity index (χ0) is 15.6. The van der Waals surface area contributed by atoms with Crippen molar-refractivity contribution in [3.63, 3.8) is 0 Å². The molecule has 2 aliphatic rings. The van der Waals surface area contributed by atoms with E-state index in [1.807, 2.05) is 0 Å². The smallest absolute Gasteiger partial charge is 0.264 e. The van der Waals surface area contributed by atoms with Crippen molar-refractivity contribution in [2.75, 3.05) is 23.3 Å². The first-order valence-corrected chi connectivity index (χ1v) is 8.97. The lowest BCUT2D eigenvalue weighted by Crippen LogP contribution is -2.44. The van der Waals surface area contributed by atoms with Crippen LogP contribution in [0.4, 0.5) is 10.9 Å². The molecular weight excluding hydrogens is 312 g/mol. The van der Waals surface area contributed by atoms with Crippen LogP contribution in [0.25, 0.3) is 0 Å². The van der Waals surface area contributed by atoms with Crippen LogP contribution >= 0.6 is 11.5 Å². The van der Waals surface area contributed by atoms with Crippen LogP contribution in [0, 0.1) is 0 Å². The number of nitrogens with one attached hydrogen (secondary N) is 2. The number of nitrogens with zero attached hydrogens (tertiary/aromatic N) is 4. The molecule has 0 radical (unpaired) electrons. The number of hydrogen-bond acceptors (Lipinski definition) is 7. The van der Waals surface area contributed by atoms with Crippen molar-refractivity contribution in [3.8, 4) is 0 Å². The van der Waals surface area contributed by atoms with Crippen molar-refractivity contribution >= 4 is 22.5 Å². The van der Waals surface area contributed by atoms with Gasteiger partial charge in [-0.3, -0.25) is 4.79 Å². The van der Waals surface area contributed by atoms with Gasteiger partial charge in [-0.05, 0) is 38.2 Å². The molecule has 1 atom stereocenters. The summed E-state index contributed by atoms with van der Waals surface area (Å²) in [6.45, 7) is 1.79. The summed E-state index contributed by atoms with van der Waals surface area (Å²) in [5, 5.41) is 11.0. The topological polar surface area (TPSA) is 86.8 Å². The Morgan fingerprint density at radius 2 is 2.22 bits per heavy atom. The van der Waals surface area contributed by atoms with Gasteiger partial charge in [0.1, 0.15) is 11.6 Å². The molecule has 3 heterocycles. The third-order valence-electron chi connectivity index (χ3n) is 4.46. The van der Waals surface area contributed by atoms with E-state index in [4.69, 9.17) is 0 Å². The summed E-state index contributed by atoms with van der Waals surface area (Å²) in [5.41, 5.74) is -0.165. The fourth-order valence-electron chi connectivity index (χ4n) is 3.03. The van der Waals surface area contributed by atoms with Crippen LogP contribution in [0.3, 0.4) is 0 Å². The summed E-state index contributed by atoms with van der Waals surface area (Å²) in [7, 11) is 0. The third-order valence-corrected chi connectivity index (χ3v) is 5.15. The Morgan fingerprint density at radius 3 is 3.00 bits per heavy atom. The molecule has 122 valence electrons. The summed E-state index contributed by atoms with van der Waals surface area (Å²) in [5.74, 6) is 2.44. The van der Waals surface area contributed by atoms with Gasteiger partial charge in [-0.15, -0.1) is 0 Å². The lowest BCUT2D eigenvalue weighted by Gasteiger charge is -2.36. The first kappa shape index (κ1) is 14.6. The summed E-state index contributed by atoms with van der Waals surface area (Å²) in [4.78, 5) is 18.1. The molecule has 1 aliphatic carbocycles. The zero-order valence-electron chi connectivity index (χ0n) is 12.9. The van der Waals surface area contributed by atoms with Crippen molar-refractivity contribution < 1.29 is 0 Å². The molecule has 1 unspecified atom stereocenters. The monoisotopic (exact) mass is 332 g/mol. The van der Waals surface area contributed by atoms with Crippen LogP contribution in [0.5, 0.6) is 0 Å². The second kappa shape index (κ2) is 6.27. The molecule has 0 spiro atoms. The van der Waals surface area contributed by atoms with Crippen LogP contribution in [-0.2, 0) is 0 Å². The standard InChI is InChI=1S/C15H20N6OS/c22-13-7-6-12(18-19-13)21-8-2-1-3-11(21)9-16-15-17-14(20-23-15)10-4-5-10/h6-7,10-11H,1-5,8-9H2,(H,19,22)(H,16,17,20). The third kappa shape index (κ3) is 3.36. The molecule has 2 fully saturated rings. The highest BCUT2D eigenvalue weighted by atomic mass is 32.1. The van der Waals surface area contributed by atoms with Gasteiger partial charge in [-0.2, -0.15) is 9.47 Å². The zero-order valence-corrected chi connectivity index (χ0v) is 13.7. The summed E-state index contributed by atoms with van der Waals surface area (Å²) < 4.78 is 4.43. The van der Waals surface area contributed by atoms with Crippen molar-refractivity contribution in [3.05, 3.63) is 28.3 Å². The highest BCUT2D eigenvalue weighted by molar-refractivity contribution is 7.09. The van der Waals surface area contributed by atoms with E-state index in [2.05, 4.69) is 29.8 Å². The highest BCUT2D eigenvalue weighted by Crippen LogP contribution is 2.39. The first-order chi connectivity index (χ1) is 11.3. The molecule has 8 heteroatoms. The molecule has 0 bridgehead atoms. The van der Waals surface area contributed by atoms with Gasteiger partial charge < -0.3 is 10.2 Å². The number of hydrogen-bond donors (Lipinski definition) is 2. The van der Waals surface area contributed by atoms with Crippen molar-refractivity contribution in [2.24, 2.45) is 0 Å². The minimum absolute atomic E-state index is 0.165. The van der Waals surface area contributed by atoms with Crippen molar-refractivity contribution in [1.29, 1.82) is 0 Å². The van der Waals surface area contributed by atoms with Crippen LogP contribution in [-0.4, -0.2) is 38.7 Å². The van der Waals surface area contributed by atoms with E-state index in [0.717, 1.165) is 42.7 Å². The molecular formula is C15H20N6OS. The summed E-state index contributed by atoms with van der Waals surface area (Å²) in [6, 6.07) is 3.69. The maximum atomic E-state index is 11.2. The quantitative estimate of drug-likeness (QED) is 0.870. The van der Waals surface area contributed by atoms with Gasteiger partial charge in [0.05, 0.1) is 0 Å². The molecule has 0 amide bonds. The fourth-order valence-corrected chi connectivity index (χ4v) is 3.68. The lowest BCUT2D eigenvalue weighted by atomic mass is 10.0. The average molecular weight is 332 g/mol. The van der Waals surface area contributed by atoms with Gasteiger partial charge >= 0.3 is 0 Å². The predicted molar refractivity (Wildman–Crippen MR) is 90.2 cm³/mol. The van der Waals surface area contributed by atoms with Crippen LogP contribution in [0.1, 0.15) is 43.8 Å². The second-order valence-electron chi connectivity index (χ2n) is 6.24. The Balaban J connectivity index is 1.42. The Bertz CT molecular complexity index is 704. The number of aromatic nitrogens is 4. The van der Waals surface area contributed by atoms with Crippen molar-refractivity contribution in [2.45, 2.75) is 44.1 Å². The predicted octanol–water partition coefficient (Wildman–Crippen LogP) is 1.97. The van der Waals surface area contributed by atoms with E-state index < -0.39 is 0 Å². The molecule has 7 nitrogen and oxygen atoms in total. The highest BCUT2D eigenvalue weighted by Gasteiger charge is 2.28. The molecule has 4 rings (SSSR count). The molecule has 0 aromatic carbocycles. The SMILES string of the molecule is O=c1ccc(N2CCCCC2CNc2nc(C3CC3)ns2)n[nH]1. The molecule has 1 aliphatic heterocycles. The van der Waals surface area contributed by atoms with E-state index in [1.54, 1.807) is 6.07 Å². The van der Waals surface area contributed by atoms with Gasteiger partial charge in [-0.25, -0.2) is 10.1 Å². The van der Waals surface area contributed by atoms with Crippen LogP contribution in [0.2, 0.25) is 0 Å². The minimum atomic E-state index is -0.165. The molecule has 23 heavy (non-hydrogen) atoms. The van der Waals surface area contributed by atoms with E-state index in [0.29, 0.717) is 12.0 Å². The van der Waals surface area contributed by atoms with Gasteiger partial charge in [-0.1, -0.05) is 0 Å². The fraction of sp³-hybridized carbons (Fsp3) is 0.600. The van der Waals surface area contributed by atoms with Crippen LogP contribution in [0.15, 0.2) is 16.9 Å². The van der Waals surface area contributed by atoms with E-state index >= 15 is 0 Å². The van der Waals surface area contributed by atoms with Gasteiger partial charge in [0.25, 0.3) is 5.56 Å². The Morgan fingerprint density at radius 1 is 1.30 bits per heavy atom. The number of anilines is 2. The molecule has 1 saturated heterocycles. The maximum absolute atomic E-state index is 11.2. The molecule has 1 saturated carbocycles. The van der Waals surface area contributed by atoms with Crippen LogP contribution < -0.4 is 15.8 Å². The second-order valence-corrected chi connectivity index (χ2v) is 6.99. The number of piperidine rings is 1. The minimum Gasteiger partial charge on any atom is -0.358 e. The average Bonchev–Trinajstić information content (AvgIpc) is 3.33. The van der Waals surface area contributed by atoms with Gasteiger partial charge in [0.15, 0.2) is 0 Å². The number of rotatable bonds is 5. The van der Waals surface area contributed by atoms with Gasteiger partial charge in [0.2, 0.25) is 5.13 Å². The summed E-state index contributed by atoms with van der Waals surface area (Å²) in [6.07, 6.45) is 5.94. The normalized spacial score (nSPS) is 21.4. The van der Waals surface area contributed by atoms with E-state index in [1.165, 1.54) is 36.9 Å². The Labute approximate surface area is 138 Å². The maximum Gasteiger partial charge on any atom is 0.264 e. The Kier molecular flexibility index (Phi) is 3.99. The number of aromatic amines is 1. The summed E-state index contributed by atoms with van der Waals surface area (Å²) >= 11 is 1.45. The molecule has 2 aromatic heterocycles. The van der Waals surface area contributed by atoms with Crippen molar-refractivity contribution in [1.82, 2.24) is 19.6 Å². The molecule has 2 aromatic rings. The van der Waals surface area contributed by atoms with E-state index in [-0.39, 0.29) is 5.56 Å². The van der Waals surface area contributed by atoms with Gasteiger partial charge in [0, 0.05) is 42.6 Å². The first-order valence-electron chi connectivity index (χ1n) is 8.19.